The van der Waals surface area contributed by atoms with Gasteiger partial charge in [-0.1, -0.05) is 43.5 Å². The highest BCUT2D eigenvalue weighted by Crippen LogP contribution is 2.32. The molecule has 2 fully saturated rings. The lowest BCUT2D eigenvalue weighted by Crippen LogP contribution is -2.34. The number of nitrogens with one attached hydrogen (secondary N) is 1. The first-order chi connectivity index (χ1) is 10.2. The number of hydrogen-bond acceptors (Lipinski definition) is 2. The Balaban J connectivity index is 1.81. The molecule has 21 heavy (non-hydrogen) atoms. The van der Waals surface area contributed by atoms with E-state index in [1.165, 1.54) is 25.7 Å². The van der Waals surface area contributed by atoms with Gasteiger partial charge in [-0.3, -0.25) is 10.1 Å². The van der Waals surface area contributed by atoms with Crippen molar-refractivity contribution in [2.24, 2.45) is 5.92 Å². The van der Waals surface area contributed by atoms with E-state index < -0.39 is 0 Å². The molecule has 1 saturated heterocycles. The normalized spacial score (nSPS) is 26.8. The molecule has 1 saturated carbocycles. The van der Waals surface area contributed by atoms with Crippen molar-refractivity contribution in [2.75, 3.05) is 6.54 Å². The van der Waals surface area contributed by atoms with Gasteiger partial charge in [-0.2, -0.15) is 0 Å². The van der Waals surface area contributed by atoms with Crippen molar-refractivity contribution in [2.45, 2.75) is 51.2 Å². The fraction of sp³-hybridized carbons (Fsp3) is 0.588. The first-order valence-corrected chi connectivity index (χ1v) is 8.39. The number of carbonyl (C=O) groups is 1. The number of halogens is 1. The third kappa shape index (κ3) is 3.09. The Kier molecular flexibility index (Phi) is 4.51. The molecule has 4 heteroatoms. The Bertz CT molecular complexity index is 496. The number of rotatable bonds is 4. The van der Waals surface area contributed by atoms with Gasteiger partial charge < -0.3 is 4.90 Å². The molecule has 1 aromatic carbocycles. The van der Waals surface area contributed by atoms with E-state index in [-0.39, 0.29) is 18.1 Å². The Labute approximate surface area is 131 Å². The van der Waals surface area contributed by atoms with Gasteiger partial charge in [0.2, 0.25) is 5.91 Å². The lowest BCUT2D eigenvalue weighted by molar-refractivity contribution is -0.130. The van der Waals surface area contributed by atoms with Crippen molar-refractivity contribution in [3.63, 3.8) is 0 Å². The van der Waals surface area contributed by atoms with Gasteiger partial charge in [0, 0.05) is 11.6 Å². The summed E-state index contributed by atoms with van der Waals surface area (Å²) >= 11 is 5.98. The van der Waals surface area contributed by atoms with Crippen LogP contribution in [0.1, 0.15) is 50.8 Å². The maximum atomic E-state index is 12.6. The highest BCUT2D eigenvalue weighted by molar-refractivity contribution is 6.30. The molecular weight excluding hydrogens is 284 g/mol. The minimum atomic E-state index is -0.0490. The predicted octanol–water partition coefficient (Wildman–Crippen LogP) is 3.74. The predicted molar refractivity (Wildman–Crippen MR) is 85.1 cm³/mol. The summed E-state index contributed by atoms with van der Waals surface area (Å²) in [5.41, 5.74) is 1.13. The van der Waals surface area contributed by atoms with Gasteiger partial charge in [0.15, 0.2) is 0 Å². The van der Waals surface area contributed by atoms with E-state index in [4.69, 9.17) is 11.6 Å². The lowest BCUT2D eigenvalue weighted by atomic mass is 10.1. The minimum Gasteiger partial charge on any atom is -0.321 e. The van der Waals surface area contributed by atoms with E-state index in [2.05, 4.69) is 12.2 Å². The van der Waals surface area contributed by atoms with Crippen molar-refractivity contribution in [3.05, 3.63) is 34.9 Å². The third-order valence-corrected chi connectivity index (χ3v) is 5.03. The highest BCUT2D eigenvalue weighted by atomic mass is 35.5. The smallest absolute Gasteiger partial charge is 0.241 e. The molecule has 0 aromatic heterocycles. The molecule has 1 heterocycles. The standard InChI is InChI=1S/C17H23ClN2O/c1-2-15-17(21)20(11-12-5-3-4-6-12)16(19-15)13-7-9-14(18)10-8-13/h7-10,12,15-16,19H,2-6,11H2,1H3. The van der Waals surface area contributed by atoms with Crippen LogP contribution in [0.4, 0.5) is 0 Å². The molecule has 1 amide bonds. The summed E-state index contributed by atoms with van der Waals surface area (Å²) in [4.78, 5) is 14.7. The topological polar surface area (TPSA) is 32.3 Å². The number of amides is 1. The van der Waals surface area contributed by atoms with E-state index in [1.54, 1.807) is 0 Å². The quantitative estimate of drug-likeness (QED) is 0.919. The van der Waals surface area contributed by atoms with Crippen molar-refractivity contribution >= 4 is 17.5 Å². The van der Waals surface area contributed by atoms with E-state index in [9.17, 15) is 4.79 Å². The molecule has 0 bridgehead atoms. The van der Waals surface area contributed by atoms with Crippen LogP contribution >= 0.6 is 11.6 Å². The molecule has 2 unspecified atom stereocenters. The summed E-state index contributed by atoms with van der Waals surface area (Å²) < 4.78 is 0. The first kappa shape index (κ1) is 14.9. The van der Waals surface area contributed by atoms with Crippen molar-refractivity contribution in [1.29, 1.82) is 0 Å². The second kappa shape index (κ2) is 6.37. The number of nitrogens with zero attached hydrogens (tertiary/aromatic N) is 1. The van der Waals surface area contributed by atoms with Crippen LogP contribution in [0, 0.1) is 5.92 Å². The van der Waals surface area contributed by atoms with Gasteiger partial charge in [0.1, 0.15) is 6.17 Å². The van der Waals surface area contributed by atoms with Gasteiger partial charge in [-0.25, -0.2) is 0 Å². The molecular formula is C17H23ClN2O. The Hall–Kier alpha value is -1.06. The van der Waals surface area contributed by atoms with Gasteiger partial charge in [-0.15, -0.1) is 0 Å². The van der Waals surface area contributed by atoms with E-state index in [0.717, 1.165) is 23.6 Å². The molecule has 1 aliphatic heterocycles. The van der Waals surface area contributed by atoms with Crippen LogP contribution in [0.15, 0.2) is 24.3 Å². The Morgan fingerprint density at radius 1 is 1.24 bits per heavy atom. The average molecular weight is 307 g/mol. The van der Waals surface area contributed by atoms with Crippen LogP contribution in [-0.2, 0) is 4.79 Å². The van der Waals surface area contributed by atoms with Crippen molar-refractivity contribution < 1.29 is 4.79 Å². The Morgan fingerprint density at radius 2 is 1.90 bits per heavy atom. The number of benzene rings is 1. The number of carbonyl (C=O) groups excluding carboxylic acids is 1. The summed E-state index contributed by atoms with van der Waals surface area (Å²) in [7, 11) is 0. The maximum Gasteiger partial charge on any atom is 0.241 e. The molecule has 0 radical (unpaired) electrons. The molecule has 1 aromatic rings. The van der Waals surface area contributed by atoms with E-state index >= 15 is 0 Å². The molecule has 0 spiro atoms. The maximum absolute atomic E-state index is 12.6. The van der Waals surface area contributed by atoms with Crippen molar-refractivity contribution in [3.8, 4) is 0 Å². The molecule has 1 aliphatic carbocycles. The minimum absolute atomic E-state index is 0.000293. The van der Waals surface area contributed by atoms with Gasteiger partial charge in [0.25, 0.3) is 0 Å². The second-order valence-corrected chi connectivity index (χ2v) is 6.66. The molecule has 3 rings (SSSR count). The summed E-state index contributed by atoms with van der Waals surface area (Å²) in [6.07, 6.45) is 5.97. The summed E-state index contributed by atoms with van der Waals surface area (Å²) in [5.74, 6) is 0.922. The van der Waals surface area contributed by atoms with Crippen LogP contribution < -0.4 is 5.32 Å². The SMILES string of the molecule is CCC1NC(c2ccc(Cl)cc2)N(CC2CCCC2)C1=O. The summed E-state index contributed by atoms with van der Waals surface area (Å²) in [6, 6.07) is 7.79. The van der Waals surface area contributed by atoms with Crippen molar-refractivity contribution in [1.82, 2.24) is 10.2 Å². The molecule has 114 valence electrons. The zero-order valence-electron chi connectivity index (χ0n) is 12.5. The van der Waals surface area contributed by atoms with Gasteiger partial charge >= 0.3 is 0 Å². The molecule has 3 nitrogen and oxygen atoms in total. The first-order valence-electron chi connectivity index (χ1n) is 8.01. The fourth-order valence-corrected chi connectivity index (χ4v) is 3.69. The summed E-state index contributed by atoms with van der Waals surface area (Å²) in [5, 5.41) is 4.22. The fourth-order valence-electron chi connectivity index (χ4n) is 3.56. The molecule has 2 aliphatic rings. The second-order valence-electron chi connectivity index (χ2n) is 6.22. The third-order valence-electron chi connectivity index (χ3n) is 4.78. The zero-order chi connectivity index (χ0) is 14.8. The largest absolute Gasteiger partial charge is 0.321 e. The lowest BCUT2D eigenvalue weighted by Gasteiger charge is -2.27. The van der Waals surface area contributed by atoms with Crippen LogP contribution in [-0.4, -0.2) is 23.4 Å². The average Bonchev–Trinajstić information content (AvgIpc) is 3.10. The molecule has 2 atom stereocenters. The number of hydrogen-bond donors (Lipinski definition) is 1. The zero-order valence-corrected chi connectivity index (χ0v) is 13.3. The van der Waals surface area contributed by atoms with Crippen LogP contribution in [0.5, 0.6) is 0 Å². The van der Waals surface area contributed by atoms with Crippen LogP contribution in [0.3, 0.4) is 0 Å². The van der Waals surface area contributed by atoms with Crippen LogP contribution in [0.2, 0.25) is 5.02 Å². The monoisotopic (exact) mass is 306 g/mol. The van der Waals surface area contributed by atoms with E-state index in [0.29, 0.717) is 5.92 Å². The van der Waals surface area contributed by atoms with Gasteiger partial charge in [0.05, 0.1) is 6.04 Å². The Morgan fingerprint density at radius 3 is 2.52 bits per heavy atom. The van der Waals surface area contributed by atoms with E-state index in [1.807, 2.05) is 29.2 Å². The van der Waals surface area contributed by atoms with Gasteiger partial charge in [-0.05, 0) is 42.9 Å². The summed E-state index contributed by atoms with van der Waals surface area (Å²) in [6.45, 7) is 2.95. The highest BCUT2D eigenvalue weighted by Gasteiger charge is 2.39. The molecule has 1 N–H and O–H groups in total. The van der Waals surface area contributed by atoms with Crippen LogP contribution in [0.25, 0.3) is 0 Å².